The van der Waals surface area contributed by atoms with E-state index in [2.05, 4.69) is 32.4 Å². The monoisotopic (exact) mass is 188 g/mol. The van der Waals surface area contributed by atoms with Gasteiger partial charge in [-0.3, -0.25) is 5.32 Å². The maximum Gasteiger partial charge on any atom is 0.165 e. The summed E-state index contributed by atoms with van der Waals surface area (Å²) in [6.45, 7) is 1.92. The minimum atomic E-state index is 0.0962. The maximum absolute atomic E-state index is 4.33. The second kappa shape index (κ2) is 2.96. The van der Waals surface area contributed by atoms with E-state index in [4.69, 9.17) is 0 Å². The Kier molecular flexibility index (Phi) is 1.97. The number of rotatable bonds is 1. The van der Waals surface area contributed by atoms with Gasteiger partial charge >= 0.3 is 0 Å². The van der Waals surface area contributed by atoms with Crippen LogP contribution < -0.4 is 10.2 Å². The summed E-state index contributed by atoms with van der Waals surface area (Å²) in [5, 5.41) is 9.07. The lowest BCUT2D eigenvalue weighted by Crippen LogP contribution is -2.30. The highest BCUT2D eigenvalue weighted by Gasteiger charge is 2.21. The van der Waals surface area contributed by atoms with Gasteiger partial charge in [0.1, 0.15) is 5.50 Å². The van der Waals surface area contributed by atoms with Crippen LogP contribution in [0.25, 0.3) is 0 Å². The number of thiol groups is 1. The van der Waals surface area contributed by atoms with Crippen LogP contribution in [0.3, 0.4) is 0 Å². The Bertz CT molecular complexity index is 224. The quantitative estimate of drug-likeness (QED) is 0.616. The minimum Gasteiger partial charge on any atom is -0.329 e. The minimum absolute atomic E-state index is 0.0962. The molecule has 0 amide bonds. The second-order valence-electron chi connectivity index (χ2n) is 2.28. The molecule has 1 aromatic rings. The molecule has 60 valence electrons. The zero-order valence-electron chi connectivity index (χ0n) is 5.77. The first-order valence-electron chi connectivity index (χ1n) is 3.33. The summed E-state index contributed by atoms with van der Waals surface area (Å²) in [6.07, 6.45) is 0. The van der Waals surface area contributed by atoms with Gasteiger partial charge in [-0.1, -0.05) is 4.49 Å². The molecule has 6 heteroatoms. The van der Waals surface area contributed by atoms with Gasteiger partial charge in [0.25, 0.3) is 0 Å². The van der Waals surface area contributed by atoms with Crippen molar-refractivity contribution in [2.45, 2.75) is 5.50 Å². The van der Waals surface area contributed by atoms with E-state index >= 15 is 0 Å². The molecule has 0 radical (unpaired) electrons. The van der Waals surface area contributed by atoms with Gasteiger partial charge < -0.3 is 4.90 Å². The summed E-state index contributed by atoms with van der Waals surface area (Å²) in [4.78, 5) is 2.08. The van der Waals surface area contributed by atoms with Gasteiger partial charge in [0, 0.05) is 13.1 Å². The summed E-state index contributed by atoms with van der Waals surface area (Å²) >= 11 is 5.69. The molecule has 2 heterocycles. The number of nitrogens with zero attached hydrogens (tertiary/aromatic N) is 3. The van der Waals surface area contributed by atoms with Crippen molar-refractivity contribution in [2.75, 3.05) is 18.0 Å². The van der Waals surface area contributed by atoms with E-state index < -0.39 is 0 Å². The number of hydrogen-bond acceptors (Lipinski definition) is 6. The van der Waals surface area contributed by atoms with E-state index in [9.17, 15) is 0 Å². The lowest BCUT2D eigenvalue weighted by molar-refractivity contribution is 0.797. The van der Waals surface area contributed by atoms with Gasteiger partial charge in [-0.25, -0.2) is 0 Å². The molecule has 1 aliphatic heterocycles. The molecule has 0 saturated carbocycles. The molecular weight excluding hydrogens is 180 g/mol. The third kappa shape index (κ3) is 1.33. The number of anilines is 1. The zero-order valence-corrected chi connectivity index (χ0v) is 7.48. The van der Waals surface area contributed by atoms with Crippen LogP contribution in [0.2, 0.25) is 0 Å². The average Bonchev–Trinajstić information content (AvgIpc) is 2.55. The van der Waals surface area contributed by atoms with E-state index in [0.717, 1.165) is 18.9 Å². The molecule has 1 aromatic heterocycles. The van der Waals surface area contributed by atoms with Gasteiger partial charge in [-0.05, 0) is 11.5 Å². The smallest absolute Gasteiger partial charge is 0.165 e. The van der Waals surface area contributed by atoms with Gasteiger partial charge in [-0.15, -0.1) is 17.7 Å². The number of nitrogens with one attached hydrogen (secondary N) is 1. The predicted octanol–water partition coefficient (Wildman–Crippen LogP) is 0.161. The van der Waals surface area contributed by atoms with Gasteiger partial charge in [0.15, 0.2) is 5.82 Å². The molecular formula is C5H8N4S2. The highest BCUT2D eigenvalue weighted by molar-refractivity contribution is 7.81. The lowest BCUT2D eigenvalue weighted by atomic mass is 10.6. The van der Waals surface area contributed by atoms with Gasteiger partial charge in [-0.2, -0.15) is 0 Å². The van der Waals surface area contributed by atoms with E-state index in [-0.39, 0.29) is 5.50 Å². The summed E-state index contributed by atoms with van der Waals surface area (Å²) in [6, 6.07) is 0. The normalized spacial score (nSPS) is 24.5. The molecule has 1 unspecified atom stereocenters. The predicted molar refractivity (Wildman–Crippen MR) is 48.0 cm³/mol. The van der Waals surface area contributed by atoms with Crippen molar-refractivity contribution >= 4 is 30.0 Å². The zero-order chi connectivity index (χ0) is 7.68. The molecule has 1 atom stereocenters. The second-order valence-corrected chi connectivity index (χ2v) is 3.38. The Hall–Kier alpha value is -0.330. The van der Waals surface area contributed by atoms with E-state index in [1.807, 2.05) is 5.38 Å². The van der Waals surface area contributed by atoms with Crippen LogP contribution in [-0.2, 0) is 0 Å². The topological polar surface area (TPSA) is 41.0 Å². The lowest BCUT2D eigenvalue weighted by Gasteiger charge is -2.17. The van der Waals surface area contributed by atoms with Crippen molar-refractivity contribution in [1.29, 1.82) is 0 Å². The van der Waals surface area contributed by atoms with E-state index in [1.165, 1.54) is 11.5 Å². The third-order valence-corrected chi connectivity index (χ3v) is 2.57. The van der Waals surface area contributed by atoms with Crippen molar-refractivity contribution in [3.05, 3.63) is 5.38 Å². The Morgan fingerprint density at radius 1 is 1.82 bits per heavy atom. The molecule has 0 spiro atoms. The molecule has 0 aromatic carbocycles. The molecule has 0 aliphatic carbocycles. The van der Waals surface area contributed by atoms with Gasteiger partial charge in [0.2, 0.25) is 0 Å². The Balaban J connectivity index is 2.16. The first kappa shape index (κ1) is 7.33. The van der Waals surface area contributed by atoms with E-state index in [0.29, 0.717) is 0 Å². The van der Waals surface area contributed by atoms with Crippen LogP contribution in [0, 0.1) is 0 Å². The molecule has 1 saturated heterocycles. The summed E-state index contributed by atoms with van der Waals surface area (Å²) < 4.78 is 3.79. The van der Waals surface area contributed by atoms with Crippen LogP contribution in [0.5, 0.6) is 0 Å². The van der Waals surface area contributed by atoms with Crippen molar-refractivity contribution in [3.8, 4) is 0 Å². The molecule has 1 N–H and O–H groups in total. The van der Waals surface area contributed by atoms with Crippen molar-refractivity contribution in [2.24, 2.45) is 0 Å². The highest BCUT2D eigenvalue weighted by Crippen LogP contribution is 2.17. The Morgan fingerprint density at radius 2 is 2.73 bits per heavy atom. The largest absolute Gasteiger partial charge is 0.329 e. The van der Waals surface area contributed by atoms with Crippen LogP contribution >= 0.6 is 24.2 Å². The average molecular weight is 188 g/mol. The fourth-order valence-corrected chi connectivity index (χ4v) is 1.89. The number of hydrogen-bond donors (Lipinski definition) is 2. The first-order chi connectivity index (χ1) is 5.38. The van der Waals surface area contributed by atoms with Crippen molar-refractivity contribution in [3.63, 3.8) is 0 Å². The fourth-order valence-electron chi connectivity index (χ4n) is 1.07. The molecule has 2 rings (SSSR count). The fraction of sp³-hybridized carbons (Fsp3) is 0.600. The Labute approximate surface area is 74.2 Å². The first-order valence-corrected chi connectivity index (χ1v) is 4.68. The van der Waals surface area contributed by atoms with Crippen LogP contribution in [0.4, 0.5) is 5.82 Å². The van der Waals surface area contributed by atoms with Crippen molar-refractivity contribution < 1.29 is 0 Å². The standard InChI is InChI=1S/C5H8N4S2/c10-5-6-1-2-9(5)4-3-11-8-7-4/h3,5-6,10H,1-2H2. The summed E-state index contributed by atoms with van der Waals surface area (Å²) in [7, 11) is 0. The Morgan fingerprint density at radius 3 is 3.27 bits per heavy atom. The SMILES string of the molecule is SC1NCCN1c1csnn1. The molecule has 11 heavy (non-hydrogen) atoms. The van der Waals surface area contributed by atoms with E-state index in [1.54, 1.807) is 0 Å². The summed E-state index contributed by atoms with van der Waals surface area (Å²) in [5.41, 5.74) is 0.0962. The van der Waals surface area contributed by atoms with Crippen molar-refractivity contribution in [1.82, 2.24) is 14.9 Å². The molecule has 4 nitrogen and oxygen atoms in total. The van der Waals surface area contributed by atoms with Crippen LogP contribution in [0.15, 0.2) is 5.38 Å². The molecule has 1 aliphatic rings. The molecule has 0 bridgehead atoms. The third-order valence-electron chi connectivity index (χ3n) is 1.62. The van der Waals surface area contributed by atoms with Crippen LogP contribution in [-0.4, -0.2) is 28.2 Å². The maximum atomic E-state index is 4.33. The molecule has 1 fully saturated rings. The number of aromatic nitrogens is 2. The highest BCUT2D eigenvalue weighted by atomic mass is 32.1. The summed E-state index contributed by atoms with van der Waals surface area (Å²) in [5.74, 6) is 0.917. The van der Waals surface area contributed by atoms with Crippen LogP contribution in [0.1, 0.15) is 0 Å². The van der Waals surface area contributed by atoms with Gasteiger partial charge in [0.05, 0.1) is 5.38 Å².